The van der Waals surface area contributed by atoms with Crippen molar-refractivity contribution < 1.29 is 16.8 Å². The van der Waals surface area contributed by atoms with Crippen LogP contribution in [0.2, 0.25) is 5.02 Å². The maximum Gasteiger partial charge on any atom is 0.244 e. The van der Waals surface area contributed by atoms with Gasteiger partial charge in [-0.1, -0.05) is 46.4 Å². The van der Waals surface area contributed by atoms with Crippen molar-refractivity contribution in [3.63, 3.8) is 0 Å². The fourth-order valence-corrected chi connectivity index (χ4v) is 4.96. The summed E-state index contributed by atoms with van der Waals surface area (Å²) in [5.41, 5.74) is 0.0233. The molecule has 1 aliphatic rings. The highest BCUT2D eigenvalue weighted by Gasteiger charge is 2.41. The van der Waals surface area contributed by atoms with Crippen LogP contribution in [0.5, 0.6) is 0 Å². The van der Waals surface area contributed by atoms with Crippen LogP contribution in [0.4, 0.5) is 5.69 Å². The number of sulfonamides is 2. The van der Waals surface area contributed by atoms with Crippen LogP contribution in [0.25, 0.3) is 0 Å². The van der Waals surface area contributed by atoms with Gasteiger partial charge in [0.15, 0.2) is 0 Å². The third-order valence-corrected chi connectivity index (χ3v) is 6.78. The molecular weight excluding hydrogens is 420 g/mol. The maximum absolute atomic E-state index is 12.2. The van der Waals surface area contributed by atoms with Crippen LogP contribution in [0.15, 0.2) is 21.9 Å². The van der Waals surface area contributed by atoms with E-state index in [1.807, 2.05) is 0 Å². The zero-order chi connectivity index (χ0) is 16.9. The second kappa shape index (κ2) is 5.82. The van der Waals surface area contributed by atoms with Crippen LogP contribution in [0.1, 0.15) is 0 Å². The van der Waals surface area contributed by atoms with Crippen LogP contribution in [0, 0.1) is 0 Å². The summed E-state index contributed by atoms with van der Waals surface area (Å²) in [5.74, 6) is 0. The van der Waals surface area contributed by atoms with Gasteiger partial charge in [-0.3, -0.25) is 0 Å². The number of anilines is 1. The minimum Gasteiger partial charge on any atom is -0.364 e. The lowest BCUT2D eigenvalue weighted by Crippen LogP contribution is -2.52. The maximum atomic E-state index is 12.2. The van der Waals surface area contributed by atoms with Gasteiger partial charge in [0.05, 0.1) is 10.7 Å². The van der Waals surface area contributed by atoms with Crippen molar-refractivity contribution in [2.75, 3.05) is 12.4 Å². The molecule has 7 nitrogen and oxygen atoms in total. The smallest absolute Gasteiger partial charge is 0.244 e. The van der Waals surface area contributed by atoms with Gasteiger partial charge in [0.2, 0.25) is 23.8 Å². The van der Waals surface area contributed by atoms with Crippen molar-refractivity contribution in [2.45, 2.75) is 19.7 Å². The van der Waals surface area contributed by atoms with Gasteiger partial charge < -0.3 is 5.32 Å². The SMILES string of the molecule is CNS(=O)(=O)c1cc2c(cc1Cl)NC(C(Cl)(Cl)Cl)NS2(=O)=O. The molecule has 0 fully saturated rings. The number of fused-ring (bicyclic) bond motifs is 1. The van der Waals surface area contributed by atoms with Crippen LogP contribution in [-0.4, -0.2) is 33.8 Å². The highest BCUT2D eigenvalue weighted by molar-refractivity contribution is 7.90. The molecule has 1 atom stereocenters. The summed E-state index contributed by atoms with van der Waals surface area (Å²) in [4.78, 5) is -0.703. The van der Waals surface area contributed by atoms with Crippen molar-refractivity contribution in [1.82, 2.24) is 9.44 Å². The molecule has 1 unspecified atom stereocenters. The molecule has 0 spiro atoms. The molecule has 1 aliphatic heterocycles. The fraction of sp³-hybridized carbons (Fsp3) is 0.333. The van der Waals surface area contributed by atoms with Gasteiger partial charge in [-0.2, -0.15) is 4.72 Å². The summed E-state index contributed by atoms with van der Waals surface area (Å²) in [5, 5.41) is 2.46. The largest absolute Gasteiger partial charge is 0.364 e. The minimum atomic E-state index is -4.10. The second-order valence-corrected chi connectivity index (χ2v) is 10.5. The summed E-state index contributed by atoms with van der Waals surface area (Å²) in [7, 11) is -6.86. The van der Waals surface area contributed by atoms with E-state index in [4.69, 9.17) is 46.4 Å². The summed E-state index contributed by atoms with van der Waals surface area (Å²) in [6, 6.07) is 2.07. The van der Waals surface area contributed by atoms with E-state index in [1.54, 1.807) is 0 Å². The molecule has 0 aliphatic carbocycles. The third kappa shape index (κ3) is 3.41. The second-order valence-electron chi connectivity index (χ2n) is 4.23. The summed E-state index contributed by atoms with van der Waals surface area (Å²) < 4.78 is 50.3. The van der Waals surface area contributed by atoms with E-state index in [9.17, 15) is 16.8 Å². The standard InChI is InChI=1S/C9H9Cl4N3O4S2/c1-14-21(17,18)6-3-7-5(2-4(6)10)15-8(9(11,12)13)16-22(7,19)20/h2-3,8,14-16H,1H3. The van der Waals surface area contributed by atoms with E-state index in [0.717, 1.165) is 12.1 Å². The number of alkyl halides is 3. The van der Waals surface area contributed by atoms with Crippen molar-refractivity contribution in [1.29, 1.82) is 0 Å². The number of hydrogen-bond acceptors (Lipinski definition) is 5. The molecule has 0 saturated heterocycles. The van der Waals surface area contributed by atoms with Crippen LogP contribution in [0.3, 0.4) is 0 Å². The van der Waals surface area contributed by atoms with Crippen LogP contribution in [-0.2, 0) is 20.0 Å². The van der Waals surface area contributed by atoms with Gasteiger partial charge in [0, 0.05) is 0 Å². The molecule has 0 saturated carbocycles. The van der Waals surface area contributed by atoms with Crippen molar-refractivity contribution >= 4 is 72.1 Å². The zero-order valence-corrected chi connectivity index (χ0v) is 15.4. The lowest BCUT2D eigenvalue weighted by atomic mass is 10.3. The number of rotatable bonds is 2. The van der Waals surface area contributed by atoms with Crippen molar-refractivity contribution in [3.05, 3.63) is 17.2 Å². The normalized spacial score (nSPS) is 21.0. The van der Waals surface area contributed by atoms with Crippen LogP contribution >= 0.6 is 46.4 Å². The molecule has 0 amide bonds. The van der Waals surface area contributed by atoms with Gasteiger partial charge >= 0.3 is 0 Å². The van der Waals surface area contributed by atoms with Gasteiger partial charge in [-0.25, -0.2) is 21.6 Å². The summed E-state index contributed by atoms with van der Waals surface area (Å²) in [6.07, 6.45) is -1.24. The van der Waals surface area contributed by atoms with E-state index < -0.39 is 30.0 Å². The Balaban J connectivity index is 2.66. The van der Waals surface area contributed by atoms with Gasteiger partial charge in [-0.15, -0.1) is 0 Å². The first-order valence-electron chi connectivity index (χ1n) is 5.51. The Kier molecular flexibility index (Phi) is 4.85. The minimum absolute atomic E-state index is 0.0233. The van der Waals surface area contributed by atoms with E-state index in [-0.39, 0.29) is 20.5 Å². The lowest BCUT2D eigenvalue weighted by molar-refractivity contribution is 0.557. The topological polar surface area (TPSA) is 104 Å². The Hall–Kier alpha value is -0.000000000000000111. The molecule has 1 heterocycles. The Labute approximate surface area is 147 Å². The predicted molar refractivity (Wildman–Crippen MR) is 85.7 cm³/mol. The molecule has 124 valence electrons. The Morgan fingerprint density at radius 1 is 1.27 bits per heavy atom. The van der Waals surface area contributed by atoms with Gasteiger partial charge in [0.25, 0.3) is 0 Å². The molecule has 0 radical (unpaired) electrons. The molecule has 0 aromatic heterocycles. The molecule has 1 aromatic carbocycles. The molecular formula is C9H9Cl4N3O4S2. The molecule has 22 heavy (non-hydrogen) atoms. The first kappa shape index (κ1) is 18.3. The van der Waals surface area contributed by atoms with Crippen molar-refractivity contribution in [2.24, 2.45) is 0 Å². The third-order valence-electron chi connectivity index (χ3n) is 2.78. The summed E-state index contributed by atoms with van der Waals surface area (Å²) >= 11 is 22.9. The highest BCUT2D eigenvalue weighted by atomic mass is 35.6. The molecule has 3 N–H and O–H groups in total. The summed E-state index contributed by atoms with van der Waals surface area (Å²) in [6.45, 7) is 0. The average molecular weight is 429 g/mol. The van der Waals surface area contributed by atoms with E-state index >= 15 is 0 Å². The van der Waals surface area contributed by atoms with Crippen LogP contribution < -0.4 is 14.8 Å². The average Bonchev–Trinajstić information content (AvgIpc) is 2.35. The van der Waals surface area contributed by atoms with E-state index in [1.165, 1.54) is 7.05 Å². The molecule has 13 heteroatoms. The monoisotopic (exact) mass is 427 g/mol. The van der Waals surface area contributed by atoms with Gasteiger partial charge in [-0.05, 0) is 19.2 Å². The predicted octanol–water partition coefficient (Wildman–Crippen LogP) is 1.65. The fourth-order valence-electron chi connectivity index (χ4n) is 1.74. The first-order valence-corrected chi connectivity index (χ1v) is 9.99. The van der Waals surface area contributed by atoms with Gasteiger partial charge in [0.1, 0.15) is 16.0 Å². The number of nitrogens with one attached hydrogen (secondary N) is 3. The number of halogens is 4. The molecule has 1 aromatic rings. The first-order chi connectivity index (χ1) is 9.88. The molecule has 2 rings (SSSR count). The molecule has 0 bridgehead atoms. The highest BCUT2D eigenvalue weighted by Crippen LogP contribution is 2.39. The lowest BCUT2D eigenvalue weighted by Gasteiger charge is -2.32. The quantitative estimate of drug-likeness (QED) is 0.621. The number of hydrogen-bond donors (Lipinski definition) is 3. The van der Waals surface area contributed by atoms with Crippen molar-refractivity contribution in [3.8, 4) is 0 Å². The zero-order valence-electron chi connectivity index (χ0n) is 10.7. The van der Waals surface area contributed by atoms with E-state index in [2.05, 4.69) is 14.8 Å². The number of benzene rings is 1. The Morgan fingerprint density at radius 3 is 2.36 bits per heavy atom. The Bertz CT molecular complexity index is 820. The van der Waals surface area contributed by atoms with E-state index in [0.29, 0.717) is 0 Å². The Morgan fingerprint density at radius 2 is 1.86 bits per heavy atom.